The van der Waals surface area contributed by atoms with Crippen LogP contribution in [0.1, 0.15) is 32.9 Å². The van der Waals surface area contributed by atoms with Gasteiger partial charge in [0.2, 0.25) is 0 Å². The Hall–Kier alpha value is -4.28. The Kier molecular flexibility index (Phi) is 5.78. The fourth-order valence-corrected chi connectivity index (χ4v) is 3.34. The fraction of sp³-hybridized carbons (Fsp3) is 0.174. The molecule has 1 N–H and O–H groups in total. The lowest BCUT2D eigenvalue weighted by molar-refractivity contribution is -0.137. The number of anilines is 1. The van der Waals surface area contributed by atoms with Crippen molar-refractivity contribution in [1.29, 1.82) is 0 Å². The van der Waals surface area contributed by atoms with E-state index in [2.05, 4.69) is 32.3 Å². The van der Waals surface area contributed by atoms with E-state index in [9.17, 15) is 18.0 Å². The monoisotopic (exact) mass is 467 g/mol. The van der Waals surface area contributed by atoms with E-state index >= 15 is 0 Å². The number of carbonyl (C=O) groups excluding carboxylic acids is 1. The zero-order valence-electron chi connectivity index (χ0n) is 18.6. The Balaban J connectivity index is 1.64. The Morgan fingerprint density at radius 3 is 2.56 bits per heavy atom. The number of halogens is 3. The van der Waals surface area contributed by atoms with Crippen LogP contribution in [-0.2, 0) is 13.2 Å². The van der Waals surface area contributed by atoms with Crippen LogP contribution in [0.2, 0.25) is 0 Å². The van der Waals surface area contributed by atoms with Crippen LogP contribution in [0.15, 0.2) is 49.4 Å². The highest BCUT2D eigenvalue weighted by atomic mass is 19.4. The van der Waals surface area contributed by atoms with E-state index in [1.807, 2.05) is 14.0 Å². The summed E-state index contributed by atoms with van der Waals surface area (Å²) in [6.07, 6.45) is 1.45. The van der Waals surface area contributed by atoms with E-state index in [4.69, 9.17) is 0 Å². The van der Waals surface area contributed by atoms with Crippen LogP contribution in [0.3, 0.4) is 0 Å². The molecule has 0 atom stereocenters. The molecule has 0 unspecified atom stereocenters. The minimum atomic E-state index is -4.56. The van der Waals surface area contributed by atoms with Crippen molar-refractivity contribution in [3.8, 4) is 16.9 Å². The normalized spacial score (nSPS) is 11.5. The largest absolute Gasteiger partial charge is 0.416 e. The fourth-order valence-electron chi connectivity index (χ4n) is 3.34. The molecule has 0 spiro atoms. The molecule has 174 valence electrons. The first-order chi connectivity index (χ1) is 16.1. The lowest BCUT2D eigenvalue weighted by atomic mass is 10.1. The predicted molar refractivity (Wildman–Crippen MR) is 120 cm³/mol. The molecule has 0 aliphatic rings. The van der Waals surface area contributed by atoms with Gasteiger partial charge in [-0.05, 0) is 43.7 Å². The summed E-state index contributed by atoms with van der Waals surface area (Å²) in [7, 11) is 1.82. The summed E-state index contributed by atoms with van der Waals surface area (Å²) in [5.41, 5.74) is 2.90. The maximum absolute atomic E-state index is 13.2. The summed E-state index contributed by atoms with van der Waals surface area (Å²) >= 11 is 0. The smallest absolute Gasteiger partial charge is 0.322 e. The summed E-state index contributed by atoms with van der Waals surface area (Å²) in [5.74, 6) is -0.619. The number of hydrogen-bond donors (Lipinski definition) is 1. The number of carbonyl (C=O) groups is 1. The lowest BCUT2D eigenvalue weighted by Crippen LogP contribution is -2.15. The minimum absolute atomic E-state index is 0.00746. The summed E-state index contributed by atoms with van der Waals surface area (Å²) in [6, 6.07) is 4.78. The third-order valence-corrected chi connectivity index (χ3v) is 5.35. The molecule has 0 aliphatic heterocycles. The van der Waals surface area contributed by atoms with E-state index in [-0.39, 0.29) is 16.8 Å². The van der Waals surface area contributed by atoms with E-state index in [1.165, 1.54) is 23.0 Å². The Labute approximate surface area is 192 Å². The molecule has 34 heavy (non-hydrogen) atoms. The van der Waals surface area contributed by atoms with Gasteiger partial charge in [0.05, 0.1) is 34.9 Å². The van der Waals surface area contributed by atoms with E-state index in [0.29, 0.717) is 17.1 Å². The molecule has 0 saturated carbocycles. The molecule has 0 saturated heterocycles. The van der Waals surface area contributed by atoms with Gasteiger partial charge >= 0.3 is 6.18 Å². The predicted octanol–water partition coefficient (Wildman–Crippen LogP) is 4.59. The number of alkyl halides is 3. The molecule has 1 amide bonds. The van der Waals surface area contributed by atoms with E-state index in [0.717, 1.165) is 23.4 Å². The Morgan fingerprint density at radius 1 is 1.15 bits per heavy atom. The van der Waals surface area contributed by atoms with Gasteiger partial charge in [-0.15, -0.1) is 5.10 Å². The van der Waals surface area contributed by atoms with Gasteiger partial charge in [-0.2, -0.15) is 18.3 Å². The number of nitrogens with zero attached hydrogens (tertiary/aromatic N) is 6. The minimum Gasteiger partial charge on any atom is -0.322 e. The molecule has 0 radical (unpaired) electrons. The number of amides is 1. The standard InChI is InChI=1S/C23H20F3N7O/c1-5-15-6-17(23(24,25)26)9-18(7-15)29-22(34)16-8-21(13(2)27-10-16)33-12-20(30-31-33)19-11-28-32(4)14(19)3/h5-12H,1H2,2-4H3,(H,29,34). The van der Waals surface area contributed by atoms with Crippen LogP contribution in [0.4, 0.5) is 18.9 Å². The van der Waals surface area contributed by atoms with E-state index < -0.39 is 17.6 Å². The summed E-state index contributed by atoms with van der Waals surface area (Å²) < 4.78 is 42.8. The Morgan fingerprint density at radius 2 is 1.91 bits per heavy atom. The van der Waals surface area contributed by atoms with Crippen molar-refractivity contribution in [2.45, 2.75) is 20.0 Å². The van der Waals surface area contributed by atoms with Gasteiger partial charge in [0.15, 0.2) is 0 Å². The molecule has 1 aromatic carbocycles. The van der Waals surface area contributed by atoms with Crippen LogP contribution in [-0.4, -0.2) is 35.7 Å². The van der Waals surface area contributed by atoms with Crippen LogP contribution in [0, 0.1) is 13.8 Å². The first-order valence-electron chi connectivity index (χ1n) is 10.1. The van der Waals surface area contributed by atoms with Gasteiger partial charge in [0.1, 0.15) is 5.69 Å². The molecular weight excluding hydrogens is 447 g/mol. The molecule has 0 bridgehead atoms. The van der Waals surface area contributed by atoms with Crippen molar-refractivity contribution in [1.82, 2.24) is 29.8 Å². The number of hydrogen-bond acceptors (Lipinski definition) is 5. The third-order valence-electron chi connectivity index (χ3n) is 5.35. The number of aromatic nitrogens is 6. The highest BCUT2D eigenvalue weighted by Gasteiger charge is 2.31. The summed E-state index contributed by atoms with van der Waals surface area (Å²) in [5, 5.41) is 15.0. The molecule has 3 aromatic heterocycles. The molecular formula is C23H20F3N7O. The van der Waals surface area contributed by atoms with Gasteiger partial charge in [-0.3, -0.25) is 14.5 Å². The topological polar surface area (TPSA) is 90.5 Å². The van der Waals surface area contributed by atoms with Gasteiger partial charge in [-0.25, -0.2) is 4.68 Å². The number of nitrogens with one attached hydrogen (secondary N) is 1. The number of aryl methyl sites for hydroxylation is 2. The van der Waals surface area contributed by atoms with Gasteiger partial charge in [0, 0.05) is 30.2 Å². The molecule has 0 fully saturated rings. The lowest BCUT2D eigenvalue weighted by Gasteiger charge is -2.12. The number of benzene rings is 1. The van der Waals surface area contributed by atoms with Gasteiger partial charge in [-0.1, -0.05) is 17.9 Å². The van der Waals surface area contributed by atoms with Crippen LogP contribution in [0.5, 0.6) is 0 Å². The molecule has 3 heterocycles. The molecule has 4 rings (SSSR count). The summed E-state index contributed by atoms with van der Waals surface area (Å²) in [4.78, 5) is 17.1. The Bertz CT molecular complexity index is 1400. The molecule has 4 aromatic rings. The third kappa shape index (κ3) is 4.45. The highest BCUT2D eigenvalue weighted by Crippen LogP contribution is 2.32. The van der Waals surface area contributed by atoms with Crippen molar-refractivity contribution < 1.29 is 18.0 Å². The second-order valence-electron chi connectivity index (χ2n) is 7.64. The van der Waals surface area contributed by atoms with E-state index in [1.54, 1.807) is 30.1 Å². The van der Waals surface area contributed by atoms with Gasteiger partial charge < -0.3 is 5.32 Å². The SMILES string of the molecule is C=Cc1cc(NC(=O)c2cnc(C)c(-n3cc(-c4cnn(C)c4C)nn3)c2)cc(C(F)(F)F)c1. The molecule has 0 aliphatic carbocycles. The number of rotatable bonds is 5. The van der Waals surface area contributed by atoms with Crippen LogP contribution in [0.25, 0.3) is 23.0 Å². The second kappa shape index (κ2) is 8.58. The second-order valence-corrected chi connectivity index (χ2v) is 7.64. The van der Waals surface area contributed by atoms with Crippen molar-refractivity contribution in [3.05, 3.63) is 77.5 Å². The summed E-state index contributed by atoms with van der Waals surface area (Å²) in [6.45, 7) is 7.16. The quantitative estimate of drug-likeness (QED) is 0.464. The zero-order valence-corrected chi connectivity index (χ0v) is 18.6. The van der Waals surface area contributed by atoms with Crippen LogP contribution >= 0.6 is 0 Å². The first kappa shape index (κ1) is 22.9. The van der Waals surface area contributed by atoms with Crippen LogP contribution < -0.4 is 5.32 Å². The molecule has 8 nitrogen and oxygen atoms in total. The van der Waals surface area contributed by atoms with Crippen molar-refractivity contribution >= 4 is 17.7 Å². The first-order valence-corrected chi connectivity index (χ1v) is 10.1. The zero-order chi connectivity index (χ0) is 24.6. The molecule has 11 heteroatoms. The van der Waals surface area contributed by atoms with Crippen molar-refractivity contribution in [2.24, 2.45) is 7.05 Å². The van der Waals surface area contributed by atoms with Crippen molar-refractivity contribution in [2.75, 3.05) is 5.32 Å². The average molecular weight is 467 g/mol. The number of pyridine rings is 1. The average Bonchev–Trinajstić information content (AvgIpc) is 3.40. The highest BCUT2D eigenvalue weighted by molar-refractivity contribution is 6.04. The maximum atomic E-state index is 13.2. The maximum Gasteiger partial charge on any atom is 0.416 e. The van der Waals surface area contributed by atoms with Gasteiger partial charge in [0.25, 0.3) is 5.91 Å². The van der Waals surface area contributed by atoms with Crippen molar-refractivity contribution in [3.63, 3.8) is 0 Å².